The minimum Gasteiger partial charge on any atom is -0.319 e. The Hall–Kier alpha value is -3.15. The average molecular weight is 391 g/mol. The van der Waals surface area contributed by atoms with Crippen LogP contribution in [0.5, 0.6) is 0 Å². The van der Waals surface area contributed by atoms with Crippen LogP contribution in [0, 0.1) is 0 Å². The van der Waals surface area contributed by atoms with Crippen LogP contribution in [0.15, 0.2) is 48.5 Å². The molecule has 4 amide bonds. The van der Waals surface area contributed by atoms with Crippen LogP contribution < -0.4 is 10.2 Å². The first-order valence-electron chi connectivity index (χ1n) is 10.1. The molecule has 1 atom stereocenters. The first kappa shape index (κ1) is 19.2. The normalized spacial score (nSPS) is 20.8. The molecule has 2 aromatic rings. The molecule has 2 heterocycles. The number of urea groups is 1. The quantitative estimate of drug-likeness (QED) is 0.797. The van der Waals surface area contributed by atoms with Gasteiger partial charge < -0.3 is 10.2 Å². The average Bonchev–Trinajstić information content (AvgIpc) is 3.24. The predicted molar refractivity (Wildman–Crippen MR) is 111 cm³/mol. The smallest absolute Gasteiger partial charge is 0.319 e. The Labute approximate surface area is 170 Å². The van der Waals surface area contributed by atoms with Crippen LogP contribution in [0.3, 0.4) is 0 Å². The third-order valence-corrected chi connectivity index (χ3v) is 5.83. The molecular weight excluding hydrogens is 366 g/mol. The van der Waals surface area contributed by atoms with Gasteiger partial charge in [-0.15, -0.1) is 0 Å². The maximum Gasteiger partial charge on any atom is 0.325 e. The second-order valence-electron chi connectivity index (χ2n) is 7.82. The van der Waals surface area contributed by atoms with E-state index >= 15 is 0 Å². The predicted octanol–water partition coefficient (Wildman–Crippen LogP) is 3.00. The molecule has 1 N–H and O–H groups in total. The zero-order valence-electron chi connectivity index (χ0n) is 16.8. The van der Waals surface area contributed by atoms with Gasteiger partial charge in [0.15, 0.2) is 0 Å². The van der Waals surface area contributed by atoms with Gasteiger partial charge in [-0.2, -0.15) is 0 Å². The fourth-order valence-corrected chi connectivity index (χ4v) is 4.15. The number of amides is 4. The zero-order chi connectivity index (χ0) is 20.6. The molecule has 0 unspecified atom stereocenters. The van der Waals surface area contributed by atoms with Crippen molar-refractivity contribution in [3.05, 3.63) is 65.2 Å². The number of anilines is 1. The Balaban J connectivity index is 1.52. The summed E-state index contributed by atoms with van der Waals surface area (Å²) >= 11 is 0. The highest BCUT2D eigenvalue weighted by Gasteiger charge is 2.49. The van der Waals surface area contributed by atoms with Gasteiger partial charge in [-0.05, 0) is 42.5 Å². The third kappa shape index (κ3) is 3.28. The molecule has 0 saturated carbocycles. The Morgan fingerprint density at radius 2 is 1.83 bits per heavy atom. The Morgan fingerprint density at radius 1 is 1.10 bits per heavy atom. The van der Waals surface area contributed by atoms with Gasteiger partial charge in [0.2, 0.25) is 5.91 Å². The van der Waals surface area contributed by atoms with Crippen LogP contribution in [0.25, 0.3) is 0 Å². The number of imide groups is 1. The number of nitrogens with zero attached hydrogens (tertiary/aromatic N) is 2. The summed E-state index contributed by atoms with van der Waals surface area (Å²) in [6, 6.07) is 14.9. The van der Waals surface area contributed by atoms with E-state index in [1.807, 2.05) is 48.5 Å². The number of nitrogens with one attached hydrogen (secondary N) is 1. The molecule has 6 nitrogen and oxygen atoms in total. The molecule has 2 aliphatic heterocycles. The van der Waals surface area contributed by atoms with Crippen molar-refractivity contribution in [1.29, 1.82) is 0 Å². The largest absolute Gasteiger partial charge is 0.325 e. The number of aryl methyl sites for hydroxylation is 1. The van der Waals surface area contributed by atoms with E-state index in [0.717, 1.165) is 41.0 Å². The van der Waals surface area contributed by atoms with Crippen LogP contribution in [-0.4, -0.2) is 35.8 Å². The first-order valence-corrected chi connectivity index (χ1v) is 10.1. The molecule has 2 aromatic carbocycles. The number of hydrogen-bond donors (Lipinski definition) is 1. The van der Waals surface area contributed by atoms with Crippen molar-refractivity contribution in [2.45, 2.75) is 38.6 Å². The highest BCUT2D eigenvalue weighted by atomic mass is 16.2. The van der Waals surface area contributed by atoms with E-state index in [4.69, 9.17) is 0 Å². The summed E-state index contributed by atoms with van der Waals surface area (Å²) in [7, 11) is 0. The number of carbonyl (C=O) groups is 3. The van der Waals surface area contributed by atoms with Gasteiger partial charge in [-0.3, -0.25) is 14.5 Å². The summed E-state index contributed by atoms with van der Waals surface area (Å²) in [5.41, 5.74) is 2.72. The Kier molecular flexibility index (Phi) is 4.86. The Morgan fingerprint density at radius 3 is 2.55 bits per heavy atom. The molecule has 0 aromatic heterocycles. The molecule has 0 radical (unpaired) electrons. The van der Waals surface area contributed by atoms with Gasteiger partial charge >= 0.3 is 6.03 Å². The van der Waals surface area contributed by atoms with Crippen LogP contribution in [0.2, 0.25) is 0 Å². The number of benzene rings is 2. The molecule has 0 spiro atoms. The van der Waals surface area contributed by atoms with E-state index in [1.165, 1.54) is 5.56 Å². The maximum absolute atomic E-state index is 13.1. The summed E-state index contributed by atoms with van der Waals surface area (Å²) in [6.45, 7) is 4.11. The lowest BCUT2D eigenvalue weighted by atomic mass is 9.91. The van der Waals surface area contributed by atoms with E-state index in [2.05, 4.69) is 12.2 Å². The maximum atomic E-state index is 13.1. The number of rotatable bonds is 5. The van der Waals surface area contributed by atoms with Crippen molar-refractivity contribution in [2.24, 2.45) is 0 Å². The summed E-state index contributed by atoms with van der Waals surface area (Å²) in [4.78, 5) is 41.2. The second kappa shape index (κ2) is 7.35. The van der Waals surface area contributed by atoms with Crippen molar-refractivity contribution >= 4 is 23.5 Å². The fourth-order valence-electron chi connectivity index (χ4n) is 4.15. The van der Waals surface area contributed by atoms with Crippen molar-refractivity contribution in [2.75, 3.05) is 18.0 Å². The summed E-state index contributed by atoms with van der Waals surface area (Å²) in [5.74, 6) is -0.646. The number of carbonyl (C=O) groups excluding carboxylic acids is 3. The van der Waals surface area contributed by atoms with Gasteiger partial charge in [-0.1, -0.05) is 55.8 Å². The molecule has 6 heteroatoms. The standard InChI is InChI=1S/C23H25N3O3/c1-3-6-16-9-11-18(12-10-16)23(2)21(28)26(22(29)24-23)15-20(27)25-14-13-17-7-4-5-8-19(17)25/h4-5,7-12H,3,6,13-15H2,1-2H3,(H,24,29)/t23-/m0/s1. The van der Waals surface area contributed by atoms with Gasteiger partial charge in [0.1, 0.15) is 12.1 Å². The molecule has 0 aliphatic carbocycles. The Bertz CT molecular complexity index is 970. The van der Waals surface area contributed by atoms with Crippen molar-refractivity contribution in [1.82, 2.24) is 10.2 Å². The second-order valence-corrected chi connectivity index (χ2v) is 7.82. The highest BCUT2D eigenvalue weighted by Crippen LogP contribution is 2.31. The van der Waals surface area contributed by atoms with Crippen molar-refractivity contribution in [3.63, 3.8) is 0 Å². The van der Waals surface area contributed by atoms with Crippen LogP contribution in [0.4, 0.5) is 10.5 Å². The van der Waals surface area contributed by atoms with Crippen LogP contribution in [-0.2, 0) is 28.0 Å². The molecule has 1 saturated heterocycles. The molecular formula is C23H25N3O3. The van der Waals surface area contributed by atoms with Gasteiger partial charge in [0.25, 0.3) is 5.91 Å². The van der Waals surface area contributed by atoms with E-state index in [1.54, 1.807) is 11.8 Å². The van der Waals surface area contributed by atoms with Crippen molar-refractivity contribution < 1.29 is 14.4 Å². The van der Waals surface area contributed by atoms with Crippen LogP contribution >= 0.6 is 0 Å². The van der Waals surface area contributed by atoms with E-state index in [0.29, 0.717) is 6.54 Å². The van der Waals surface area contributed by atoms with Crippen molar-refractivity contribution in [3.8, 4) is 0 Å². The minimum atomic E-state index is -1.16. The lowest BCUT2D eigenvalue weighted by Gasteiger charge is -2.23. The molecule has 2 aliphatic rings. The molecule has 1 fully saturated rings. The molecule has 150 valence electrons. The lowest BCUT2D eigenvalue weighted by Crippen LogP contribution is -2.44. The molecule has 0 bridgehead atoms. The number of hydrogen-bond acceptors (Lipinski definition) is 3. The van der Waals surface area contributed by atoms with Gasteiger partial charge in [0, 0.05) is 12.2 Å². The topological polar surface area (TPSA) is 69.7 Å². The minimum absolute atomic E-state index is 0.249. The fraction of sp³-hybridized carbons (Fsp3) is 0.348. The number of fused-ring (bicyclic) bond motifs is 1. The van der Waals surface area contributed by atoms with E-state index in [-0.39, 0.29) is 12.5 Å². The monoisotopic (exact) mass is 391 g/mol. The van der Waals surface area contributed by atoms with E-state index < -0.39 is 17.5 Å². The van der Waals surface area contributed by atoms with Crippen LogP contribution in [0.1, 0.15) is 37.0 Å². The summed E-state index contributed by atoms with van der Waals surface area (Å²) in [6.07, 6.45) is 2.79. The van der Waals surface area contributed by atoms with Gasteiger partial charge in [-0.25, -0.2) is 4.79 Å². The summed E-state index contributed by atoms with van der Waals surface area (Å²) in [5, 5.41) is 2.78. The first-order chi connectivity index (χ1) is 13.9. The summed E-state index contributed by atoms with van der Waals surface area (Å²) < 4.78 is 0. The lowest BCUT2D eigenvalue weighted by molar-refractivity contribution is -0.134. The molecule has 29 heavy (non-hydrogen) atoms. The zero-order valence-corrected chi connectivity index (χ0v) is 16.8. The SMILES string of the molecule is CCCc1ccc([C@]2(C)NC(=O)N(CC(=O)N3CCc4ccccc43)C2=O)cc1. The van der Waals surface area contributed by atoms with E-state index in [9.17, 15) is 14.4 Å². The highest BCUT2D eigenvalue weighted by molar-refractivity contribution is 6.10. The van der Waals surface area contributed by atoms with Gasteiger partial charge in [0.05, 0.1) is 0 Å². The third-order valence-electron chi connectivity index (χ3n) is 5.83. The molecule has 4 rings (SSSR count). The number of para-hydroxylation sites is 1.